The number of esters is 1. The second kappa shape index (κ2) is 9.50. The minimum atomic E-state index is -0.351. The molecule has 2 aromatic rings. The van der Waals surface area contributed by atoms with E-state index in [1.54, 1.807) is 19.1 Å². The van der Waals surface area contributed by atoms with Gasteiger partial charge in [-0.1, -0.05) is 26.7 Å². The van der Waals surface area contributed by atoms with Crippen molar-refractivity contribution in [2.75, 3.05) is 12.4 Å². The molecule has 0 saturated heterocycles. The molecule has 1 aliphatic rings. The van der Waals surface area contributed by atoms with Crippen LogP contribution in [0, 0.1) is 11.8 Å². The minimum absolute atomic E-state index is 0.267. The Balaban J connectivity index is 1.95. The fourth-order valence-electron chi connectivity index (χ4n) is 3.97. The van der Waals surface area contributed by atoms with Gasteiger partial charge in [0, 0.05) is 16.7 Å². The predicted molar refractivity (Wildman–Crippen MR) is 120 cm³/mol. The third-order valence-corrected chi connectivity index (χ3v) is 7.01. The molecular weight excluding hydrogens is 378 g/mol. The minimum Gasteiger partial charge on any atom is -0.462 e. The summed E-state index contributed by atoms with van der Waals surface area (Å²) in [5, 5.41) is 0. The average Bonchev–Trinajstić information content (AvgIpc) is 2.77. The van der Waals surface area contributed by atoms with Gasteiger partial charge in [0.05, 0.1) is 12.2 Å². The highest BCUT2D eigenvalue weighted by atomic mass is 32.2. The van der Waals surface area contributed by atoms with Gasteiger partial charge in [0.25, 0.3) is 0 Å². The molecule has 1 aromatic heterocycles. The summed E-state index contributed by atoms with van der Waals surface area (Å²) in [5.74, 6) is 7.38. The lowest BCUT2D eigenvalue weighted by Gasteiger charge is -2.38. The third-order valence-electron chi connectivity index (χ3n) is 5.95. The van der Waals surface area contributed by atoms with Crippen molar-refractivity contribution in [1.29, 1.82) is 0 Å². The zero-order valence-corrected chi connectivity index (χ0v) is 18.6. The molecule has 29 heavy (non-hydrogen) atoms. The molecule has 1 aliphatic heterocycles. The maximum absolute atomic E-state index is 11.8. The highest BCUT2D eigenvalue weighted by Gasteiger charge is 2.34. The Morgan fingerprint density at radius 3 is 2.59 bits per heavy atom. The summed E-state index contributed by atoms with van der Waals surface area (Å²) in [5.41, 5.74) is 5.22. The van der Waals surface area contributed by atoms with Crippen LogP contribution in [0.15, 0.2) is 35.4 Å². The van der Waals surface area contributed by atoms with Crippen LogP contribution in [-0.2, 0) is 16.6 Å². The van der Waals surface area contributed by atoms with E-state index in [4.69, 9.17) is 4.74 Å². The molecule has 4 heteroatoms. The molecule has 0 saturated carbocycles. The van der Waals surface area contributed by atoms with Gasteiger partial charge in [-0.15, -0.1) is 11.8 Å². The van der Waals surface area contributed by atoms with Gasteiger partial charge < -0.3 is 4.74 Å². The number of hydrogen-bond acceptors (Lipinski definition) is 4. The first kappa shape index (κ1) is 21.5. The van der Waals surface area contributed by atoms with Gasteiger partial charge in [-0.3, -0.25) is 0 Å². The third kappa shape index (κ3) is 4.51. The van der Waals surface area contributed by atoms with E-state index in [0.29, 0.717) is 17.9 Å². The Hall–Kier alpha value is -2.25. The standard InChI is InChI=1S/C25H29NO2S/c1-5-18-16-23-22(25(6-2,7-3)13-14-29-23)15-19(18)9-11-21-12-10-20(17-26-21)24(27)28-8-4/h10,12,15-17H,5-8,13-14H2,1-4H3. The van der Waals surface area contributed by atoms with Crippen molar-refractivity contribution in [2.24, 2.45) is 0 Å². The fraction of sp³-hybridized carbons (Fsp3) is 0.440. The van der Waals surface area contributed by atoms with Crippen molar-refractivity contribution in [3.63, 3.8) is 0 Å². The van der Waals surface area contributed by atoms with Gasteiger partial charge in [-0.25, -0.2) is 9.78 Å². The van der Waals surface area contributed by atoms with E-state index in [2.05, 4.69) is 49.7 Å². The molecular formula is C25H29NO2S. The second-order valence-corrected chi connectivity index (χ2v) is 8.48. The lowest BCUT2D eigenvalue weighted by Crippen LogP contribution is -2.29. The van der Waals surface area contributed by atoms with Crippen LogP contribution in [0.3, 0.4) is 0 Å². The maximum atomic E-state index is 11.8. The lowest BCUT2D eigenvalue weighted by atomic mass is 9.72. The van der Waals surface area contributed by atoms with Crippen LogP contribution in [-0.4, -0.2) is 23.3 Å². The van der Waals surface area contributed by atoms with Crippen molar-refractivity contribution in [3.05, 3.63) is 58.4 Å². The highest BCUT2D eigenvalue weighted by molar-refractivity contribution is 7.99. The molecule has 0 fully saturated rings. The Labute approximate surface area is 178 Å². The van der Waals surface area contributed by atoms with Gasteiger partial charge in [-0.05, 0) is 85.1 Å². The Kier molecular flexibility index (Phi) is 7.03. The molecule has 0 amide bonds. The van der Waals surface area contributed by atoms with E-state index >= 15 is 0 Å². The van der Waals surface area contributed by atoms with Gasteiger partial charge in [0.15, 0.2) is 0 Å². The number of rotatable bonds is 5. The number of pyridine rings is 1. The summed E-state index contributed by atoms with van der Waals surface area (Å²) in [4.78, 5) is 17.5. The molecule has 3 rings (SSSR count). The topological polar surface area (TPSA) is 39.2 Å². The van der Waals surface area contributed by atoms with Crippen LogP contribution in [0.1, 0.15) is 79.7 Å². The SMILES string of the molecule is CCOC(=O)c1ccc(C#Cc2cc3c(cc2CC)SCCC3(CC)CC)nc1. The number of carbonyl (C=O) groups excluding carboxylic acids is 1. The first-order valence-electron chi connectivity index (χ1n) is 10.5. The molecule has 0 unspecified atom stereocenters. The van der Waals surface area contributed by atoms with Gasteiger partial charge in [-0.2, -0.15) is 0 Å². The second-order valence-electron chi connectivity index (χ2n) is 7.35. The predicted octanol–water partition coefficient (Wildman–Crippen LogP) is 5.77. The summed E-state index contributed by atoms with van der Waals surface area (Å²) >= 11 is 1.98. The maximum Gasteiger partial charge on any atom is 0.339 e. The Bertz CT molecular complexity index is 934. The van der Waals surface area contributed by atoms with E-state index in [0.717, 1.165) is 24.8 Å². The molecule has 152 valence electrons. The van der Waals surface area contributed by atoms with Gasteiger partial charge in [0.2, 0.25) is 0 Å². The van der Waals surface area contributed by atoms with Gasteiger partial charge in [0.1, 0.15) is 5.69 Å². The number of fused-ring (bicyclic) bond motifs is 1. The Morgan fingerprint density at radius 2 is 1.97 bits per heavy atom. The molecule has 2 heterocycles. The van der Waals surface area contributed by atoms with Crippen LogP contribution in [0.2, 0.25) is 0 Å². The number of carbonyl (C=O) groups is 1. The smallest absolute Gasteiger partial charge is 0.339 e. The lowest BCUT2D eigenvalue weighted by molar-refractivity contribution is 0.0526. The van der Waals surface area contributed by atoms with Crippen LogP contribution >= 0.6 is 11.8 Å². The number of aromatic nitrogens is 1. The van der Waals surface area contributed by atoms with Crippen molar-refractivity contribution >= 4 is 17.7 Å². The van der Waals surface area contributed by atoms with Crippen molar-refractivity contribution in [3.8, 4) is 11.8 Å². The summed E-state index contributed by atoms with van der Waals surface area (Å²) in [6.07, 6.45) is 6.04. The van der Waals surface area contributed by atoms with E-state index in [1.165, 1.54) is 34.4 Å². The summed E-state index contributed by atoms with van der Waals surface area (Å²) in [7, 11) is 0. The fourth-order valence-corrected chi connectivity index (χ4v) is 5.34. The molecule has 0 aliphatic carbocycles. The summed E-state index contributed by atoms with van der Waals surface area (Å²) < 4.78 is 5.00. The largest absolute Gasteiger partial charge is 0.462 e. The molecule has 0 radical (unpaired) electrons. The quantitative estimate of drug-likeness (QED) is 0.466. The average molecular weight is 408 g/mol. The number of thioether (sulfide) groups is 1. The van der Waals surface area contributed by atoms with E-state index in [1.807, 2.05) is 11.8 Å². The molecule has 0 atom stereocenters. The molecule has 1 aromatic carbocycles. The van der Waals surface area contributed by atoms with Crippen molar-refractivity contribution in [1.82, 2.24) is 4.98 Å². The van der Waals surface area contributed by atoms with Crippen molar-refractivity contribution in [2.45, 2.75) is 63.7 Å². The van der Waals surface area contributed by atoms with E-state index < -0.39 is 0 Å². The van der Waals surface area contributed by atoms with Crippen LogP contribution in [0.5, 0.6) is 0 Å². The number of benzene rings is 1. The number of hydrogen-bond donors (Lipinski definition) is 0. The molecule has 0 spiro atoms. The first-order valence-corrected chi connectivity index (χ1v) is 11.5. The number of nitrogens with zero attached hydrogens (tertiary/aromatic N) is 1. The van der Waals surface area contributed by atoms with Crippen LogP contribution < -0.4 is 0 Å². The van der Waals surface area contributed by atoms with E-state index in [-0.39, 0.29) is 11.4 Å². The Morgan fingerprint density at radius 1 is 1.17 bits per heavy atom. The number of aryl methyl sites for hydroxylation is 1. The van der Waals surface area contributed by atoms with Crippen molar-refractivity contribution < 1.29 is 9.53 Å². The molecule has 0 bridgehead atoms. The van der Waals surface area contributed by atoms with Crippen LogP contribution in [0.25, 0.3) is 0 Å². The summed E-state index contributed by atoms with van der Waals surface area (Å²) in [6.45, 7) is 8.93. The summed E-state index contributed by atoms with van der Waals surface area (Å²) in [6, 6.07) is 8.17. The van der Waals surface area contributed by atoms with E-state index in [9.17, 15) is 4.79 Å². The van der Waals surface area contributed by atoms with Gasteiger partial charge >= 0.3 is 5.97 Å². The molecule has 3 nitrogen and oxygen atoms in total. The molecule has 0 N–H and O–H groups in total. The highest BCUT2D eigenvalue weighted by Crippen LogP contribution is 2.46. The normalized spacial score (nSPS) is 14.5. The first-order chi connectivity index (χ1) is 14.1. The van der Waals surface area contributed by atoms with Crippen LogP contribution in [0.4, 0.5) is 0 Å². The zero-order chi connectivity index (χ0) is 20.9. The number of ether oxygens (including phenoxy) is 1. The zero-order valence-electron chi connectivity index (χ0n) is 17.8. The monoisotopic (exact) mass is 407 g/mol.